The second kappa shape index (κ2) is 8.04. The van der Waals surface area contributed by atoms with Crippen LogP contribution in [-0.4, -0.2) is 24.0 Å². The van der Waals surface area contributed by atoms with Crippen molar-refractivity contribution < 1.29 is 0 Å². The van der Waals surface area contributed by atoms with E-state index >= 15 is 0 Å². The molecule has 0 saturated heterocycles. The van der Waals surface area contributed by atoms with E-state index in [0.29, 0.717) is 16.6 Å². The molecule has 3 rings (SSSR count). The number of aliphatic imine (C=N–C) groups is 1. The third-order valence-corrected chi connectivity index (χ3v) is 5.06. The standard InChI is InChI=1S/C18H18Cl2N4S/c1-3-21-17(22-14-7-5-6-12(19)10-14)24(4-2)18-23-15-11-13(20)8-9-16(15)25-18/h5-11H,3-4H2,1-2H3,(H,21,22). The Bertz CT molecular complexity index is 907. The van der Waals surface area contributed by atoms with Crippen molar-refractivity contribution in [3.63, 3.8) is 0 Å². The lowest BCUT2D eigenvalue weighted by Crippen LogP contribution is -2.36. The van der Waals surface area contributed by atoms with Gasteiger partial charge >= 0.3 is 0 Å². The van der Waals surface area contributed by atoms with Crippen molar-refractivity contribution in [2.75, 3.05) is 23.3 Å². The summed E-state index contributed by atoms with van der Waals surface area (Å²) in [5.41, 5.74) is 1.78. The largest absolute Gasteiger partial charge is 0.326 e. The third-order valence-electron chi connectivity index (χ3n) is 3.53. The molecule has 0 amide bonds. The van der Waals surface area contributed by atoms with Crippen molar-refractivity contribution in [2.45, 2.75) is 13.8 Å². The molecule has 0 aliphatic rings. The SMILES string of the molecule is CCN=C(Nc1cccc(Cl)c1)N(CC)c1nc2cc(Cl)ccc2s1. The third kappa shape index (κ3) is 4.24. The average Bonchev–Trinajstić information content (AvgIpc) is 2.98. The van der Waals surface area contributed by atoms with E-state index in [1.165, 1.54) is 0 Å². The monoisotopic (exact) mass is 392 g/mol. The van der Waals surface area contributed by atoms with Crippen LogP contribution in [0.3, 0.4) is 0 Å². The number of hydrogen-bond donors (Lipinski definition) is 1. The molecule has 1 N–H and O–H groups in total. The predicted octanol–water partition coefficient (Wildman–Crippen LogP) is 5.92. The van der Waals surface area contributed by atoms with E-state index in [0.717, 1.165) is 33.5 Å². The highest BCUT2D eigenvalue weighted by atomic mass is 35.5. The molecular weight excluding hydrogens is 375 g/mol. The Morgan fingerprint density at radius 3 is 2.68 bits per heavy atom. The summed E-state index contributed by atoms with van der Waals surface area (Å²) in [7, 11) is 0. The van der Waals surface area contributed by atoms with Gasteiger partial charge in [0.15, 0.2) is 5.13 Å². The Morgan fingerprint density at radius 2 is 1.96 bits per heavy atom. The molecule has 4 nitrogen and oxygen atoms in total. The highest BCUT2D eigenvalue weighted by molar-refractivity contribution is 7.22. The average molecular weight is 393 g/mol. The fraction of sp³-hybridized carbons (Fsp3) is 0.222. The fourth-order valence-electron chi connectivity index (χ4n) is 2.42. The van der Waals surface area contributed by atoms with Crippen LogP contribution in [0.2, 0.25) is 10.0 Å². The van der Waals surface area contributed by atoms with Crippen molar-refractivity contribution in [3.8, 4) is 0 Å². The van der Waals surface area contributed by atoms with Crippen LogP contribution in [0.4, 0.5) is 10.8 Å². The molecule has 0 atom stereocenters. The second-order valence-electron chi connectivity index (χ2n) is 5.29. The van der Waals surface area contributed by atoms with Crippen molar-refractivity contribution in [2.24, 2.45) is 4.99 Å². The molecule has 0 aliphatic heterocycles. The number of fused-ring (bicyclic) bond motifs is 1. The molecule has 0 fully saturated rings. The predicted molar refractivity (Wildman–Crippen MR) is 111 cm³/mol. The summed E-state index contributed by atoms with van der Waals surface area (Å²) in [5.74, 6) is 0.748. The highest BCUT2D eigenvalue weighted by Gasteiger charge is 2.17. The van der Waals surface area contributed by atoms with E-state index in [9.17, 15) is 0 Å². The molecule has 0 saturated carbocycles. The number of hydrogen-bond acceptors (Lipinski definition) is 3. The molecule has 0 radical (unpaired) electrons. The van der Waals surface area contributed by atoms with E-state index in [1.807, 2.05) is 49.4 Å². The molecule has 130 valence electrons. The van der Waals surface area contributed by atoms with Crippen molar-refractivity contribution in [1.82, 2.24) is 4.98 Å². The summed E-state index contributed by atoms with van der Waals surface area (Å²) in [6.45, 7) is 5.48. The molecule has 1 heterocycles. The van der Waals surface area contributed by atoms with E-state index in [-0.39, 0.29) is 0 Å². The summed E-state index contributed by atoms with van der Waals surface area (Å²) in [6.07, 6.45) is 0. The van der Waals surface area contributed by atoms with Crippen molar-refractivity contribution in [1.29, 1.82) is 0 Å². The Hall–Kier alpha value is -1.82. The smallest absolute Gasteiger partial charge is 0.204 e. The topological polar surface area (TPSA) is 40.5 Å². The summed E-state index contributed by atoms with van der Waals surface area (Å²) < 4.78 is 1.09. The van der Waals surface area contributed by atoms with Gasteiger partial charge in [0.25, 0.3) is 0 Å². The lowest BCUT2D eigenvalue weighted by molar-refractivity contribution is 1.01. The van der Waals surface area contributed by atoms with Gasteiger partial charge < -0.3 is 5.32 Å². The fourth-order valence-corrected chi connectivity index (χ4v) is 3.79. The van der Waals surface area contributed by atoms with Crippen molar-refractivity contribution >= 4 is 61.5 Å². The number of nitrogens with zero attached hydrogens (tertiary/aromatic N) is 3. The molecule has 0 aliphatic carbocycles. The quantitative estimate of drug-likeness (QED) is 0.442. The first-order valence-electron chi connectivity index (χ1n) is 8.01. The number of guanidine groups is 1. The van der Waals surface area contributed by atoms with Gasteiger partial charge in [-0.05, 0) is 50.2 Å². The van der Waals surface area contributed by atoms with Gasteiger partial charge in [-0.25, -0.2) is 4.98 Å². The Balaban J connectivity index is 1.95. The Morgan fingerprint density at radius 1 is 1.16 bits per heavy atom. The molecule has 0 bridgehead atoms. The molecule has 2 aromatic carbocycles. The van der Waals surface area contributed by atoms with Crippen LogP contribution in [0.25, 0.3) is 10.2 Å². The zero-order chi connectivity index (χ0) is 17.8. The van der Waals surface area contributed by atoms with Gasteiger partial charge in [0.05, 0.1) is 10.2 Å². The first-order valence-corrected chi connectivity index (χ1v) is 9.58. The molecule has 25 heavy (non-hydrogen) atoms. The molecular formula is C18H18Cl2N4S. The van der Waals surface area contributed by atoms with Gasteiger partial charge in [-0.1, -0.05) is 40.6 Å². The molecule has 3 aromatic rings. The van der Waals surface area contributed by atoms with Crippen LogP contribution >= 0.6 is 34.5 Å². The number of nitrogens with one attached hydrogen (secondary N) is 1. The minimum atomic E-state index is 0.663. The minimum absolute atomic E-state index is 0.663. The van der Waals surface area contributed by atoms with Gasteiger partial charge in [0, 0.05) is 28.8 Å². The molecule has 0 unspecified atom stereocenters. The number of anilines is 2. The maximum Gasteiger partial charge on any atom is 0.204 e. The summed E-state index contributed by atoms with van der Waals surface area (Å²) in [6, 6.07) is 13.3. The van der Waals surface area contributed by atoms with Crippen LogP contribution in [0.15, 0.2) is 47.5 Å². The van der Waals surface area contributed by atoms with Crippen LogP contribution in [0.1, 0.15) is 13.8 Å². The maximum absolute atomic E-state index is 6.09. The first kappa shape index (κ1) is 18.0. The number of aromatic nitrogens is 1. The first-order chi connectivity index (χ1) is 12.1. The van der Waals surface area contributed by atoms with Crippen molar-refractivity contribution in [3.05, 3.63) is 52.5 Å². The van der Waals surface area contributed by atoms with E-state index in [1.54, 1.807) is 11.3 Å². The summed E-state index contributed by atoms with van der Waals surface area (Å²) in [4.78, 5) is 11.4. The van der Waals surface area contributed by atoms with Gasteiger partial charge in [-0.15, -0.1) is 0 Å². The highest BCUT2D eigenvalue weighted by Crippen LogP contribution is 2.31. The normalized spacial score (nSPS) is 11.8. The maximum atomic E-state index is 6.09. The zero-order valence-corrected chi connectivity index (χ0v) is 16.3. The number of thiazole rings is 1. The van der Waals surface area contributed by atoms with Gasteiger partial charge in [0.2, 0.25) is 5.96 Å². The zero-order valence-electron chi connectivity index (χ0n) is 14.0. The molecule has 0 spiro atoms. The van der Waals surface area contributed by atoms with Crippen LogP contribution in [-0.2, 0) is 0 Å². The summed E-state index contributed by atoms with van der Waals surface area (Å²) >= 11 is 13.8. The number of rotatable bonds is 4. The van der Waals surface area contributed by atoms with Crippen LogP contribution < -0.4 is 10.2 Å². The van der Waals surface area contributed by atoms with E-state index in [2.05, 4.69) is 22.1 Å². The van der Waals surface area contributed by atoms with Gasteiger partial charge in [-0.3, -0.25) is 9.89 Å². The molecule has 1 aromatic heterocycles. The number of halogens is 2. The van der Waals surface area contributed by atoms with Crippen LogP contribution in [0.5, 0.6) is 0 Å². The Labute approximate surface area is 161 Å². The van der Waals surface area contributed by atoms with Gasteiger partial charge in [0.1, 0.15) is 0 Å². The van der Waals surface area contributed by atoms with Crippen LogP contribution in [0, 0.1) is 0 Å². The number of benzene rings is 2. The summed E-state index contributed by atoms with van der Waals surface area (Å²) in [5, 5.41) is 5.60. The second-order valence-corrected chi connectivity index (χ2v) is 7.17. The Kier molecular flexibility index (Phi) is 5.78. The van der Waals surface area contributed by atoms with E-state index in [4.69, 9.17) is 28.2 Å². The lowest BCUT2D eigenvalue weighted by atomic mass is 10.3. The van der Waals surface area contributed by atoms with E-state index < -0.39 is 0 Å². The lowest BCUT2D eigenvalue weighted by Gasteiger charge is -2.23. The van der Waals surface area contributed by atoms with Gasteiger partial charge in [-0.2, -0.15) is 0 Å². The minimum Gasteiger partial charge on any atom is -0.326 e. The molecule has 7 heteroatoms.